The molecule has 0 nitrogen and oxygen atoms in total. The first-order valence-corrected chi connectivity index (χ1v) is 22.8. The molecule has 0 atom stereocenters. The van der Waals surface area contributed by atoms with Crippen molar-refractivity contribution in [1.29, 1.82) is 0 Å². The van der Waals surface area contributed by atoms with Gasteiger partial charge in [0, 0.05) is 17.1 Å². The number of aryl methyl sites for hydroxylation is 2. The minimum absolute atomic E-state index is 0. The molecule has 264 valence electrons. The standard InChI is InChI=1S/C41H51P2.C5H5.Fe/c1-26-8-3-5-12-38(26)42(39-13-6-4-9-27(39)2)24-32-10-7-11-33(32)25-43(40-34-16-28-14-29(18-34)19-35(40)17-28)41-36-20-30-15-31(22-36)23-37(41)21-30;1-2-4-5-3-1;/h3-13,28-31,34-37,40-41H,14-25H2,1-2H3;1-5H;/q-1;-5;. The fourth-order valence-electron chi connectivity index (χ4n) is 12.8. The summed E-state index contributed by atoms with van der Waals surface area (Å²) in [6.45, 7) is 4.68. The normalized spacial score (nSPS) is 34.0. The molecule has 0 aromatic heterocycles. The van der Waals surface area contributed by atoms with E-state index >= 15 is 0 Å². The molecule has 0 heterocycles. The molecule has 0 amide bonds. The quantitative estimate of drug-likeness (QED) is 0.0964. The van der Waals surface area contributed by atoms with E-state index in [0.717, 1.165) is 58.7 Å². The topological polar surface area (TPSA) is 0 Å². The maximum atomic E-state index is 2.60. The van der Waals surface area contributed by atoms with Gasteiger partial charge in [-0.2, -0.15) is 11.6 Å². The third-order valence-electron chi connectivity index (χ3n) is 14.2. The Bertz CT molecular complexity index is 1500. The second-order valence-corrected chi connectivity index (χ2v) is 21.9. The van der Waals surface area contributed by atoms with Gasteiger partial charge in [0.15, 0.2) is 0 Å². The van der Waals surface area contributed by atoms with Crippen molar-refractivity contribution in [3.8, 4) is 0 Å². The van der Waals surface area contributed by atoms with Crippen LogP contribution < -0.4 is 10.6 Å². The molecule has 0 saturated heterocycles. The van der Waals surface area contributed by atoms with Gasteiger partial charge < -0.3 is 30.3 Å². The van der Waals surface area contributed by atoms with Gasteiger partial charge >= 0.3 is 0 Å². The average Bonchev–Trinajstić information content (AvgIpc) is 3.80. The van der Waals surface area contributed by atoms with E-state index in [4.69, 9.17) is 0 Å². The molecule has 8 saturated carbocycles. The van der Waals surface area contributed by atoms with Crippen molar-refractivity contribution in [1.82, 2.24) is 0 Å². The zero-order valence-corrected chi connectivity index (χ0v) is 32.6. The van der Waals surface area contributed by atoms with Crippen LogP contribution in [0.25, 0.3) is 0 Å². The van der Waals surface area contributed by atoms with Crippen LogP contribution in [0.4, 0.5) is 0 Å². The number of rotatable bonds is 8. The molecule has 49 heavy (non-hydrogen) atoms. The van der Waals surface area contributed by atoms with E-state index in [2.05, 4.69) is 80.6 Å². The van der Waals surface area contributed by atoms with Gasteiger partial charge in [0.1, 0.15) is 0 Å². The van der Waals surface area contributed by atoms with Crippen LogP contribution in [0.2, 0.25) is 0 Å². The summed E-state index contributed by atoms with van der Waals surface area (Å²) in [5, 5.41) is 3.17. The van der Waals surface area contributed by atoms with Crippen LogP contribution in [0.1, 0.15) is 86.5 Å². The van der Waals surface area contributed by atoms with Crippen molar-refractivity contribution < 1.29 is 17.1 Å². The Hall–Kier alpha value is -1.48. The summed E-state index contributed by atoms with van der Waals surface area (Å²) in [7, 11) is -0.392. The molecule has 0 aliphatic heterocycles. The van der Waals surface area contributed by atoms with Crippen LogP contribution in [-0.4, -0.2) is 11.3 Å². The van der Waals surface area contributed by atoms with Crippen molar-refractivity contribution in [2.24, 2.45) is 47.3 Å². The molecular weight excluding hydrogens is 670 g/mol. The zero-order valence-electron chi connectivity index (χ0n) is 29.7. The second kappa shape index (κ2) is 14.9. The fraction of sp³-hybridized carbons (Fsp3) is 0.522. The SMILES string of the molecule is Cc1ccccc1P(C[c-]1cccc1CP(C1C2CC3CC(C2)CC1C3)C1C2CC3CC(C2)CC1C3)c1ccccc1C.[Fe].[cH-]1[cH-][cH-][cH-][cH-]1. The molecule has 3 heteroatoms. The molecule has 8 fully saturated rings. The van der Waals surface area contributed by atoms with E-state index in [-0.39, 0.29) is 25.0 Å². The van der Waals surface area contributed by atoms with Crippen molar-refractivity contribution >= 4 is 26.5 Å². The molecule has 8 aliphatic rings. The van der Waals surface area contributed by atoms with E-state index < -0.39 is 7.92 Å². The first-order chi connectivity index (χ1) is 23.6. The monoisotopic (exact) mass is 726 g/mol. The van der Waals surface area contributed by atoms with Gasteiger partial charge in [0.25, 0.3) is 0 Å². The Balaban J connectivity index is 0.000000536. The second-order valence-electron chi connectivity index (χ2n) is 17.2. The van der Waals surface area contributed by atoms with E-state index in [1.807, 2.05) is 30.3 Å². The molecule has 12 rings (SSSR count). The summed E-state index contributed by atoms with van der Waals surface area (Å²) in [6.07, 6.45) is 18.6. The smallest absolute Gasteiger partial charge is 0 e. The van der Waals surface area contributed by atoms with Crippen LogP contribution in [0.3, 0.4) is 0 Å². The molecular formula is C46H56FeP2-6. The molecule has 4 aromatic rings. The van der Waals surface area contributed by atoms with Gasteiger partial charge in [0.2, 0.25) is 0 Å². The van der Waals surface area contributed by atoms with E-state index in [1.165, 1.54) is 23.5 Å². The Morgan fingerprint density at radius 2 is 0.959 bits per heavy atom. The largest absolute Gasteiger partial charge is 0.748 e. The molecule has 0 unspecified atom stereocenters. The van der Waals surface area contributed by atoms with Crippen LogP contribution in [0.15, 0.2) is 97.1 Å². The van der Waals surface area contributed by atoms with E-state index in [0.29, 0.717) is 0 Å². The Kier molecular flexibility index (Phi) is 10.5. The predicted molar refractivity (Wildman–Crippen MR) is 209 cm³/mol. The fourth-order valence-corrected chi connectivity index (χ4v) is 20.3. The van der Waals surface area contributed by atoms with Gasteiger partial charge in [-0.25, -0.2) is 12.1 Å². The maximum Gasteiger partial charge on any atom is 0 e. The van der Waals surface area contributed by atoms with E-state index in [1.54, 1.807) is 85.9 Å². The summed E-state index contributed by atoms with van der Waals surface area (Å²) >= 11 is 0. The van der Waals surface area contributed by atoms with Crippen molar-refractivity contribution in [3.05, 3.63) is 119 Å². The third-order valence-corrected chi connectivity index (χ3v) is 20.9. The summed E-state index contributed by atoms with van der Waals surface area (Å²) in [5.41, 5.74) is 8.56. The predicted octanol–water partition coefficient (Wildman–Crippen LogP) is 11.7. The first-order valence-electron chi connectivity index (χ1n) is 19.6. The summed E-state index contributed by atoms with van der Waals surface area (Å²) in [5.74, 6) is 8.68. The van der Waals surface area contributed by atoms with Gasteiger partial charge in [-0.15, -0.1) is 5.56 Å². The van der Waals surface area contributed by atoms with Gasteiger partial charge in [-0.1, -0.05) is 64.4 Å². The van der Waals surface area contributed by atoms with Crippen molar-refractivity contribution in [2.45, 2.75) is 102 Å². The Morgan fingerprint density at radius 1 is 0.551 bits per heavy atom. The zero-order chi connectivity index (χ0) is 32.2. The summed E-state index contributed by atoms with van der Waals surface area (Å²) in [6, 6.07) is 36.1. The molecule has 0 radical (unpaired) electrons. The summed E-state index contributed by atoms with van der Waals surface area (Å²) < 4.78 is 0. The molecule has 4 aromatic carbocycles. The van der Waals surface area contributed by atoms with Gasteiger partial charge in [-0.05, 0) is 171 Å². The minimum Gasteiger partial charge on any atom is -0.748 e. The van der Waals surface area contributed by atoms with Crippen LogP contribution >= 0.6 is 15.8 Å². The van der Waals surface area contributed by atoms with Crippen molar-refractivity contribution in [2.75, 3.05) is 0 Å². The van der Waals surface area contributed by atoms with Crippen LogP contribution in [-0.2, 0) is 29.4 Å². The number of benzene rings is 2. The van der Waals surface area contributed by atoms with E-state index in [9.17, 15) is 0 Å². The number of hydrogen-bond acceptors (Lipinski definition) is 0. The van der Waals surface area contributed by atoms with Crippen LogP contribution in [0, 0.1) is 61.2 Å². The molecule has 0 spiro atoms. The minimum atomic E-state index is -0.426. The molecule has 8 aliphatic carbocycles. The van der Waals surface area contributed by atoms with Gasteiger partial charge in [0.05, 0.1) is 0 Å². The van der Waals surface area contributed by atoms with Crippen molar-refractivity contribution in [3.63, 3.8) is 0 Å². The molecule has 8 bridgehead atoms. The van der Waals surface area contributed by atoms with Crippen LogP contribution in [0.5, 0.6) is 0 Å². The number of hydrogen-bond donors (Lipinski definition) is 0. The summed E-state index contributed by atoms with van der Waals surface area (Å²) in [4.78, 5) is 0. The molecule has 0 N–H and O–H groups in total. The van der Waals surface area contributed by atoms with Gasteiger partial charge in [-0.3, -0.25) is 0 Å². The Morgan fingerprint density at radius 3 is 1.37 bits per heavy atom. The average molecular weight is 727 g/mol. The maximum absolute atomic E-state index is 2.60. The third kappa shape index (κ3) is 6.91. The Labute approximate surface area is 310 Å². The first kappa shape index (κ1) is 34.6.